The Bertz CT molecular complexity index is 557. The van der Waals surface area contributed by atoms with E-state index in [1.54, 1.807) is 18.2 Å². The zero-order valence-corrected chi connectivity index (χ0v) is 13.1. The molecule has 20 heavy (non-hydrogen) atoms. The zero-order valence-electron chi connectivity index (χ0n) is 11.5. The molecule has 1 aromatic rings. The lowest BCUT2D eigenvalue weighted by Crippen LogP contribution is -2.45. The molecule has 0 amide bonds. The van der Waals surface area contributed by atoms with Crippen molar-refractivity contribution in [1.82, 2.24) is 10.2 Å². The van der Waals surface area contributed by atoms with Crippen molar-refractivity contribution in [2.24, 2.45) is 0 Å². The molecule has 1 aliphatic rings. The quantitative estimate of drug-likeness (QED) is 0.859. The van der Waals surface area contributed by atoms with Crippen LogP contribution in [-0.4, -0.2) is 51.8 Å². The van der Waals surface area contributed by atoms with Gasteiger partial charge in [0.05, 0.1) is 11.4 Å². The summed E-state index contributed by atoms with van der Waals surface area (Å²) >= 11 is 5.89. The molecule has 0 bridgehead atoms. The first-order valence-corrected chi connectivity index (χ1v) is 8.69. The van der Waals surface area contributed by atoms with Crippen molar-refractivity contribution in [3.05, 3.63) is 28.8 Å². The van der Waals surface area contributed by atoms with Gasteiger partial charge in [-0.2, -0.15) is 0 Å². The maximum Gasteiger partial charge on any atom is 0.233 e. The monoisotopic (exact) mass is 317 g/mol. The maximum absolute atomic E-state index is 12.1. The summed E-state index contributed by atoms with van der Waals surface area (Å²) in [6, 6.07) is 5.19. The Labute approximate surface area is 125 Å². The Morgan fingerprint density at radius 1 is 1.35 bits per heavy atom. The van der Waals surface area contributed by atoms with Gasteiger partial charge >= 0.3 is 0 Å². The molecule has 1 saturated heterocycles. The van der Waals surface area contributed by atoms with Gasteiger partial charge in [0.15, 0.2) is 0 Å². The summed E-state index contributed by atoms with van der Waals surface area (Å²) in [6.45, 7) is 6.03. The Balaban J connectivity index is 1.94. The number of sulfonamides is 1. The fourth-order valence-corrected chi connectivity index (χ4v) is 3.43. The number of anilines is 1. The van der Waals surface area contributed by atoms with Crippen LogP contribution in [0.4, 0.5) is 5.69 Å². The molecule has 0 spiro atoms. The molecule has 0 aromatic heterocycles. The second-order valence-corrected chi connectivity index (χ2v) is 7.25. The maximum atomic E-state index is 12.1. The fraction of sp³-hybridized carbons (Fsp3) is 0.538. The summed E-state index contributed by atoms with van der Waals surface area (Å²) in [5.74, 6) is 0.0962. The third-order valence-electron chi connectivity index (χ3n) is 3.35. The number of nitrogens with zero attached hydrogens (tertiary/aromatic N) is 1. The van der Waals surface area contributed by atoms with E-state index in [-0.39, 0.29) is 5.75 Å². The standard InChI is InChI=1S/C13H20ClN3O2S/c1-11-2-3-12(14)10-13(11)16-20(18,19)9-8-17-6-4-15-5-7-17/h2-3,10,15-16H,4-9H2,1H3. The van der Waals surface area contributed by atoms with Crippen LogP contribution in [0.15, 0.2) is 18.2 Å². The second kappa shape index (κ2) is 6.76. The number of benzene rings is 1. The highest BCUT2D eigenvalue weighted by Crippen LogP contribution is 2.21. The van der Waals surface area contributed by atoms with E-state index >= 15 is 0 Å². The van der Waals surface area contributed by atoms with E-state index in [1.165, 1.54) is 0 Å². The number of hydrogen-bond donors (Lipinski definition) is 2. The van der Waals surface area contributed by atoms with Gasteiger partial charge in [0, 0.05) is 37.7 Å². The van der Waals surface area contributed by atoms with Gasteiger partial charge in [-0.25, -0.2) is 8.42 Å². The molecular weight excluding hydrogens is 298 g/mol. The molecule has 1 heterocycles. The molecule has 5 nitrogen and oxygen atoms in total. The fourth-order valence-electron chi connectivity index (χ4n) is 2.11. The lowest BCUT2D eigenvalue weighted by Gasteiger charge is -2.27. The molecule has 1 aliphatic heterocycles. The summed E-state index contributed by atoms with van der Waals surface area (Å²) < 4.78 is 26.8. The van der Waals surface area contributed by atoms with Gasteiger partial charge < -0.3 is 5.32 Å². The highest BCUT2D eigenvalue weighted by molar-refractivity contribution is 7.92. The van der Waals surface area contributed by atoms with Crippen LogP contribution in [0.2, 0.25) is 5.02 Å². The van der Waals surface area contributed by atoms with E-state index in [4.69, 9.17) is 11.6 Å². The van der Waals surface area contributed by atoms with E-state index in [9.17, 15) is 8.42 Å². The molecule has 7 heteroatoms. The third-order valence-corrected chi connectivity index (χ3v) is 4.84. The average molecular weight is 318 g/mol. The number of piperazine rings is 1. The van der Waals surface area contributed by atoms with Crippen LogP contribution in [0.1, 0.15) is 5.56 Å². The van der Waals surface area contributed by atoms with Crippen LogP contribution in [0, 0.1) is 6.92 Å². The lowest BCUT2D eigenvalue weighted by molar-refractivity contribution is 0.254. The van der Waals surface area contributed by atoms with Crippen molar-refractivity contribution >= 4 is 27.3 Å². The molecule has 0 saturated carbocycles. The number of halogens is 1. The first-order chi connectivity index (χ1) is 9.46. The van der Waals surface area contributed by atoms with Crippen molar-refractivity contribution in [3.8, 4) is 0 Å². The summed E-state index contributed by atoms with van der Waals surface area (Å²) in [7, 11) is -3.34. The SMILES string of the molecule is Cc1ccc(Cl)cc1NS(=O)(=O)CCN1CCNCC1. The number of rotatable bonds is 5. The highest BCUT2D eigenvalue weighted by Gasteiger charge is 2.16. The van der Waals surface area contributed by atoms with Gasteiger partial charge in [0.2, 0.25) is 10.0 Å². The molecule has 0 radical (unpaired) electrons. The second-order valence-electron chi connectivity index (χ2n) is 4.97. The van der Waals surface area contributed by atoms with E-state index < -0.39 is 10.0 Å². The molecule has 1 aromatic carbocycles. The minimum Gasteiger partial charge on any atom is -0.314 e. The first kappa shape index (κ1) is 15.6. The molecule has 2 N–H and O–H groups in total. The Hall–Kier alpha value is -0.820. The van der Waals surface area contributed by atoms with Gasteiger partial charge in [-0.3, -0.25) is 9.62 Å². The minimum atomic E-state index is -3.34. The van der Waals surface area contributed by atoms with Crippen LogP contribution in [0.5, 0.6) is 0 Å². The van der Waals surface area contributed by atoms with Gasteiger partial charge in [-0.1, -0.05) is 17.7 Å². The molecule has 112 valence electrons. The van der Waals surface area contributed by atoms with E-state index in [2.05, 4.69) is 14.9 Å². The summed E-state index contributed by atoms with van der Waals surface area (Å²) in [5.41, 5.74) is 1.41. The summed E-state index contributed by atoms with van der Waals surface area (Å²) in [6.07, 6.45) is 0. The number of aryl methyl sites for hydroxylation is 1. The van der Waals surface area contributed by atoms with Crippen molar-refractivity contribution in [1.29, 1.82) is 0 Å². The summed E-state index contributed by atoms with van der Waals surface area (Å²) in [4.78, 5) is 2.15. The zero-order chi connectivity index (χ0) is 14.6. The van der Waals surface area contributed by atoms with Gasteiger partial charge in [-0.05, 0) is 24.6 Å². The topological polar surface area (TPSA) is 61.4 Å². The van der Waals surface area contributed by atoms with E-state index in [1.807, 2.05) is 6.92 Å². The average Bonchev–Trinajstić information content (AvgIpc) is 2.42. The van der Waals surface area contributed by atoms with Crippen LogP contribution in [-0.2, 0) is 10.0 Å². The predicted octanol–water partition coefficient (Wildman–Crippen LogP) is 1.30. The minimum absolute atomic E-state index is 0.0962. The third kappa shape index (κ3) is 4.63. The normalized spacial score (nSPS) is 17.1. The molecular formula is C13H20ClN3O2S. The van der Waals surface area contributed by atoms with Crippen LogP contribution in [0.3, 0.4) is 0 Å². The number of nitrogens with one attached hydrogen (secondary N) is 2. The van der Waals surface area contributed by atoms with Crippen molar-refractivity contribution in [2.45, 2.75) is 6.92 Å². The highest BCUT2D eigenvalue weighted by atomic mass is 35.5. The van der Waals surface area contributed by atoms with Crippen LogP contribution < -0.4 is 10.0 Å². The van der Waals surface area contributed by atoms with Crippen LogP contribution >= 0.6 is 11.6 Å². The number of hydrogen-bond acceptors (Lipinski definition) is 4. The molecule has 0 aliphatic carbocycles. The van der Waals surface area contributed by atoms with E-state index in [0.717, 1.165) is 31.7 Å². The first-order valence-electron chi connectivity index (χ1n) is 6.66. The molecule has 1 fully saturated rings. The largest absolute Gasteiger partial charge is 0.314 e. The Morgan fingerprint density at radius 3 is 2.75 bits per heavy atom. The smallest absolute Gasteiger partial charge is 0.233 e. The molecule has 0 atom stereocenters. The molecule has 0 unspecified atom stereocenters. The predicted molar refractivity (Wildman–Crippen MR) is 82.9 cm³/mol. The van der Waals surface area contributed by atoms with Crippen molar-refractivity contribution < 1.29 is 8.42 Å². The van der Waals surface area contributed by atoms with Crippen molar-refractivity contribution in [2.75, 3.05) is 43.2 Å². The van der Waals surface area contributed by atoms with Gasteiger partial charge in [0.25, 0.3) is 0 Å². The Kier molecular flexibility index (Phi) is 5.26. The molecule has 2 rings (SSSR count). The van der Waals surface area contributed by atoms with Crippen molar-refractivity contribution in [3.63, 3.8) is 0 Å². The lowest BCUT2D eigenvalue weighted by atomic mass is 10.2. The van der Waals surface area contributed by atoms with Gasteiger partial charge in [0.1, 0.15) is 0 Å². The Morgan fingerprint density at radius 2 is 2.05 bits per heavy atom. The van der Waals surface area contributed by atoms with E-state index in [0.29, 0.717) is 17.3 Å². The summed E-state index contributed by atoms with van der Waals surface area (Å²) in [5, 5.41) is 3.77. The van der Waals surface area contributed by atoms with Gasteiger partial charge in [-0.15, -0.1) is 0 Å². The van der Waals surface area contributed by atoms with Crippen LogP contribution in [0.25, 0.3) is 0 Å².